The Bertz CT molecular complexity index is 1080. The van der Waals surface area contributed by atoms with E-state index >= 15 is 0 Å². The fourth-order valence-corrected chi connectivity index (χ4v) is 4.35. The molecule has 4 aromatic rings. The van der Waals surface area contributed by atoms with Gasteiger partial charge in [-0.3, -0.25) is 4.79 Å². The van der Waals surface area contributed by atoms with Gasteiger partial charge in [-0.15, -0.1) is 11.3 Å². The van der Waals surface area contributed by atoms with Crippen LogP contribution in [0.15, 0.2) is 42.5 Å². The van der Waals surface area contributed by atoms with Crippen molar-refractivity contribution in [3.8, 4) is 0 Å². The minimum Gasteiger partial charge on any atom is -0.481 e. The number of rotatable bonds is 4. The van der Waals surface area contributed by atoms with E-state index < -0.39 is 5.97 Å². The summed E-state index contributed by atoms with van der Waals surface area (Å²) < 4.78 is 3.28. The zero-order valence-electron chi connectivity index (χ0n) is 13.5. The van der Waals surface area contributed by atoms with E-state index in [1.165, 1.54) is 0 Å². The predicted molar refractivity (Wildman–Crippen MR) is 102 cm³/mol. The second-order valence-corrected chi connectivity index (χ2v) is 7.51. The summed E-state index contributed by atoms with van der Waals surface area (Å²) in [7, 11) is 0. The number of halogens is 1. The van der Waals surface area contributed by atoms with Crippen LogP contribution in [0.4, 0.5) is 0 Å². The minimum atomic E-state index is -0.845. The van der Waals surface area contributed by atoms with E-state index in [1.807, 2.05) is 43.3 Å². The quantitative estimate of drug-likeness (QED) is 0.556. The Balaban J connectivity index is 1.85. The number of hydrogen-bond donors (Lipinski definition) is 1. The molecule has 2 heterocycles. The van der Waals surface area contributed by atoms with Crippen molar-refractivity contribution in [1.82, 2.24) is 9.55 Å². The summed E-state index contributed by atoms with van der Waals surface area (Å²) in [5.74, 6) is -0.845. The van der Waals surface area contributed by atoms with Gasteiger partial charge in [0.25, 0.3) is 0 Å². The standard InChI is InChI=1S/C19H15ClN2O2S/c1-11-13(9-19(23)24)14-8-12(20)6-7-16(14)22(11)10-18-21-15-4-2-3-5-17(15)25-18/h2-8H,9-10H2,1H3,(H,23,24). The van der Waals surface area contributed by atoms with Crippen LogP contribution in [-0.2, 0) is 17.8 Å². The lowest BCUT2D eigenvalue weighted by atomic mass is 10.1. The maximum absolute atomic E-state index is 11.3. The zero-order valence-corrected chi connectivity index (χ0v) is 15.1. The van der Waals surface area contributed by atoms with Crippen LogP contribution in [0.1, 0.15) is 16.3 Å². The lowest BCUT2D eigenvalue weighted by molar-refractivity contribution is -0.136. The molecule has 0 unspecified atom stereocenters. The summed E-state index contributed by atoms with van der Waals surface area (Å²) >= 11 is 7.80. The average Bonchev–Trinajstić information content (AvgIpc) is 3.09. The number of aliphatic carboxylic acids is 1. The van der Waals surface area contributed by atoms with Gasteiger partial charge in [0.15, 0.2) is 0 Å². The van der Waals surface area contributed by atoms with Gasteiger partial charge in [0, 0.05) is 21.6 Å². The van der Waals surface area contributed by atoms with Crippen LogP contribution in [0.25, 0.3) is 21.1 Å². The second kappa shape index (κ2) is 6.17. The topological polar surface area (TPSA) is 55.1 Å². The Kier molecular flexibility index (Phi) is 3.98. The van der Waals surface area contributed by atoms with E-state index in [1.54, 1.807) is 11.3 Å². The summed E-state index contributed by atoms with van der Waals surface area (Å²) in [5.41, 5.74) is 3.73. The van der Waals surface area contributed by atoms with Crippen molar-refractivity contribution in [3.63, 3.8) is 0 Å². The molecule has 0 aliphatic rings. The summed E-state index contributed by atoms with van der Waals surface area (Å²) in [6.07, 6.45) is -0.0183. The molecule has 0 fully saturated rings. The van der Waals surface area contributed by atoms with Crippen LogP contribution in [0.3, 0.4) is 0 Å². The number of thiazole rings is 1. The van der Waals surface area contributed by atoms with E-state index in [0.717, 1.165) is 37.4 Å². The van der Waals surface area contributed by atoms with Gasteiger partial charge in [-0.05, 0) is 42.8 Å². The molecule has 25 heavy (non-hydrogen) atoms. The van der Waals surface area contributed by atoms with Gasteiger partial charge in [-0.2, -0.15) is 0 Å². The molecule has 4 nitrogen and oxygen atoms in total. The number of carboxylic acids is 1. The smallest absolute Gasteiger partial charge is 0.307 e. The molecule has 0 spiro atoms. The van der Waals surface area contributed by atoms with Gasteiger partial charge in [0.2, 0.25) is 0 Å². The van der Waals surface area contributed by atoms with Crippen molar-refractivity contribution >= 4 is 50.0 Å². The Morgan fingerprint density at radius 3 is 2.84 bits per heavy atom. The van der Waals surface area contributed by atoms with E-state index in [-0.39, 0.29) is 6.42 Å². The molecule has 1 N–H and O–H groups in total. The average molecular weight is 371 g/mol. The number of nitrogens with zero attached hydrogens (tertiary/aromatic N) is 2. The third-order valence-electron chi connectivity index (χ3n) is 4.38. The molecule has 0 saturated heterocycles. The van der Waals surface area contributed by atoms with Gasteiger partial charge in [0.1, 0.15) is 5.01 Å². The van der Waals surface area contributed by atoms with Crippen molar-refractivity contribution < 1.29 is 9.90 Å². The number of hydrogen-bond acceptors (Lipinski definition) is 3. The molecule has 6 heteroatoms. The van der Waals surface area contributed by atoms with E-state index in [2.05, 4.69) is 10.6 Å². The first kappa shape index (κ1) is 16.1. The third kappa shape index (κ3) is 2.90. The molecule has 126 valence electrons. The molecule has 0 amide bonds. The first-order valence-corrected chi connectivity index (χ1v) is 9.06. The third-order valence-corrected chi connectivity index (χ3v) is 5.63. The van der Waals surface area contributed by atoms with Gasteiger partial charge in [-0.1, -0.05) is 23.7 Å². The predicted octanol–water partition coefficient (Wildman–Crippen LogP) is 4.89. The second-order valence-electron chi connectivity index (χ2n) is 5.96. The van der Waals surface area contributed by atoms with Crippen LogP contribution < -0.4 is 0 Å². The first-order chi connectivity index (χ1) is 12.0. The molecular weight excluding hydrogens is 356 g/mol. The number of carboxylic acid groups (broad SMARTS) is 1. The normalized spacial score (nSPS) is 11.4. The molecular formula is C19H15ClN2O2S. The number of benzene rings is 2. The van der Waals surface area contributed by atoms with Crippen LogP contribution in [0, 0.1) is 6.92 Å². The maximum Gasteiger partial charge on any atom is 0.307 e. The molecule has 4 rings (SSSR count). The minimum absolute atomic E-state index is 0.0183. The van der Waals surface area contributed by atoms with Crippen molar-refractivity contribution in [3.05, 3.63) is 63.8 Å². The van der Waals surface area contributed by atoms with Crippen molar-refractivity contribution in [2.45, 2.75) is 19.9 Å². The first-order valence-electron chi connectivity index (χ1n) is 7.86. The van der Waals surface area contributed by atoms with E-state index in [0.29, 0.717) is 11.6 Å². The molecule has 0 radical (unpaired) electrons. The fraction of sp³-hybridized carbons (Fsp3) is 0.158. The monoisotopic (exact) mass is 370 g/mol. The highest BCUT2D eigenvalue weighted by atomic mass is 35.5. The molecule has 0 bridgehead atoms. The molecule has 2 aromatic carbocycles. The number of carbonyl (C=O) groups is 1. The Labute approximate surface area is 153 Å². The van der Waals surface area contributed by atoms with E-state index in [4.69, 9.17) is 16.6 Å². The van der Waals surface area contributed by atoms with E-state index in [9.17, 15) is 9.90 Å². The summed E-state index contributed by atoms with van der Waals surface area (Å²) in [5, 5.41) is 11.8. The SMILES string of the molecule is Cc1c(CC(=O)O)c2cc(Cl)ccc2n1Cc1nc2ccccc2s1. The Morgan fingerprint density at radius 1 is 1.28 bits per heavy atom. The van der Waals surface area contributed by atoms with Crippen molar-refractivity contribution in [1.29, 1.82) is 0 Å². The summed E-state index contributed by atoms with van der Waals surface area (Å²) in [6.45, 7) is 2.57. The van der Waals surface area contributed by atoms with Crippen LogP contribution in [0.2, 0.25) is 5.02 Å². The van der Waals surface area contributed by atoms with Crippen LogP contribution in [-0.4, -0.2) is 20.6 Å². The zero-order chi connectivity index (χ0) is 17.6. The maximum atomic E-state index is 11.3. The van der Waals surface area contributed by atoms with Crippen molar-refractivity contribution in [2.24, 2.45) is 0 Å². The largest absolute Gasteiger partial charge is 0.481 e. The van der Waals surface area contributed by atoms with Gasteiger partial charge >= 0.3 is 5.97 Å². The highest BCUT2D eigenvalue weighted by Crippen LogP contribution is 2.31. The molecule has 0 saturated carbocycles. The summed E-state index contributed by atoms with van der Waals surface area (Å²) in [6, 6.07) is 13.7. The highest BCUT2D eigenvalue weighted by Gasteiger charge is 2.18. The van der Waals surface area contributed by atoms with Crippen molar-refractivity contribution in [2.75, 3.05) is 0 Å². The van der Waals surface area contributed by atoms with Gasteiger partial charge in [0.05, 0.1) is 23.2 Å². The molecule has 0 atom stereocenters. The highest BCUT2D eigenvalue weighted by molar-refractivity contribution is 7.18. The summed E-state index contributed by atoms with van der Waals surface area (Å²) in [4.78, 5) is 16.0. The number of fused-ring (bicyclic) bond motifs is 2. The Hall–Kier alpha value is -2.37. The van der Waals surface area contributed by atoms with Gasteiger partial charge in [-0.25, -0.2) is 4.98 Å². The Morgan fingerprint density at radius 2 is 2.08 bits per heavy atom. The fourth-order valence-electron chi connectivity index (χ4n) is 3.22. The molecule has 0 aliphatic carbocycles. The van der Waals surface area contributed by atoms with Crippen LogP contribution in [0.5, 0.6) is 0 Å². The molecule has 2 aromatic heterocycles. The number of para-hydroxylation sites is 1. The lowest BCUT2D eigenvalue weighted by Crippen LogP contribution is -2.04. The molecule has 0 aliphatic heterocycles. The van der Waals surface area contributed by atoms with Crippen LogP contribution >= 0.6 is 22.9 Å². The lowest BCUT2D eigenvalue weighted by Gasteiger charge is -2.06. The van der Waals surface area contributed by atoms with Gasteiger partial charge < -0.3 is 9.67 Å². The number of aromatic nitrogens is 2.